The maximum Gasteiger partial charge on any atom is 0.363 e. The number of furan rings is 1. The third-order valence-corrected chi connectivity index (χ3v) is 3.22. The number of esters is 1. The molecule has 0 aliphatic carbocycles. The molecule has 0 fully saturated rings. The number of nitro benzene ring substituents is 1. The van der Waals surface area contributed by atoms with Crippen LogP contribution in [0.5, 0.6) is 0 Å². The molecule has 110 valence electrons. The number of nitrogens with zero attached hydrogens (tertiary/aromatic N) is 2. The molecule has 0 saturated heterocycles. The van der Waals surface area contributed by atoms with E-state index >= 15 is 0 Å². The molecule has 2 heterocycles. The van der Waals surface area contributed by atoms with E-state index in [2.05, 4.69) is 20.9 Å². The second-order valence-electron chi connectivity index (χ2n) is 4.29. The normalized spacial score (nSPS) is 15.8. The number of rotatable bonds is 3. The van der Waals surface area contributed by atoms with Gasteiger partial charge in [-0.2, -0.15) is 0 Å². The van der Waals surface area contributed by atoms with Crippen molar-refractivity contribution in [1.82, 2.24) is 0 Å². The van der Waals surface area contributed by atoms with Crippen LogP contribution in [-0.2, 0) is 9.53 Å². The van der Waals surface area contributed by atoms with Crippen molar-refractivity contribution in [3.8, 4) is 0 Å². The van der Waals surface area contributed by atoms with Crippen molar-refractivity contribution in [3.05, 3.63) is 68.2 Å². The van der Waals surface area contributed by atoms with E-state index < -0.39 is 10.9 Å². The summed E-state index contributed by atoms with van der Waals surface area (Å²) in [4.78, 5) is 26.1. The van der Waals surface area contributed by atoms with E-state index in [0.717, 1.165) is 0 Å². The SMILES string of the molecule is O=C1OC(c2cccc([N+](=O)[O-])c2)=N/C1=C/c1ccc(Br)o1. The Balaban J connectivity index is 1.94. The standard InChI is InChI=1S/C14H7BrN2O5/c15-12-5-4-10(21-12)7-11-14(18)22-13(16-11)8-2-1-3-9(6-8)17(19)20/h1-7H/b11-7+. The number of halogens is 1. The number of hydrogen-bond acceptors (Lipinski definition) is 6. The molecule has 7 nitrogen and oxygen atoms in total. The zero-order chi connectivity index (χ0) is 15.7. The van der Waals surface area contributed by atoms with Gasteiger partial charge in [0.2, 0.25) is 5.90 Å². The second-order valence-corrected chi connectivity index (χ2v) is 5.07. The Morgan fingerprint density at radius 1 is 1.27 bits per heavy atom. The number of aliphatic imine (C=N–C) groups is 1. The van der Waals surface area contributed by atoms with Gasteiger partial charge in [0, 0.05) is 23.8 Å². The van der Waals surface area contributed by atoms with Gasteiger partial charge >= 0.3 is 5.97 Å². The van der Waals surface area contributed by atoms with Crippen LogP contribution in [0.1, 0.15) is 11.3 Å². The van der Waals surface area contributed by atoms with Crippen LogP contribution in [-0.4, -0.2) is 16.8 Å². The number of cyclic esters (lactones) is 1. The van der Waals surface area contributed by atoms with E-state index in [4.69, 9.17) is 9.15 Å². The summed E-state index contributed by atoms with van der Waals surface area (Å²) in [5.41, 5.74) is 0.304. The van der Waals surface area contributed by atoms with Crippen molar-refractivity contribution < 1.29 is 18.9 Å². The van der Waals surface area contributed by atoms with Gasteiger partial charge in [-0.3, -0.25) is 10.1 Å². The smallest absolute Gasteiger partial charge is 0.363 e. The van der Waals surface area contributed by atoms with Crippen molar-refractivity contribution >= 4 is 39.6 Å². The molecule has 0 bridgehead atoms. The molecule has 0 saturated carbocycles. The lowest BCUT2D eigenvalue weighted by Crippen LogP contribution is -2.05. The minimum Gasteiger partial charge on any atom is -0.450 e. The van der Waals surface area contributed by atoms with Gasteiger partial charge in [0.15, 0.2) is 10.4 Å². The molecule has 1 aliphatic rings. The number of benzene rings is 1. The summed E-state index contributed by atoms with van der Waals surface area (Å²) >= 11 is 3.15. The highest BCUT2D eigenvalue weighted by molar-refractivity contribution is 9.10. The molecule has 0 spiro atoms. The predicted molar refractivity (Wildman–Crippen MR) is 80.1 cm³/mol. The maximum atomic E-state index is 11.8. The molecular formula is C14H7BrN2O5. The highest BCUT2D eigenvalue weighted by atomic mass is 79.9. The van der Waals surface area contributed by atoms with Crippen molar-refractivity contribution in [3.63, 3.8) is 0 Å². The molecule has 0 N–H and O–H groups in total. The number of carbonyl (C=O) groups excluding carboxylic acids is 1. The van der Waals surface area contributed by atoms with Gasteiger partial charge in [-0.05, 0) is 34.1 Å². The van der Waals surface area contributed by atoms with Gasteiger partial charge in [0.05, 0.1) is 4.92 Å². The number of hydrogen-bond donors (Lipinski definition) is 0. The summed E-state index contributed by atoms with van der Waals surface area (Å²) in [6.07, 6.45) is 1.43. The lowest BCUT2D eigenvalue weighted by atomic mass is 10.2. The highest BCUT2D eigenvalue weighted by Crippen LogP contribution is 2.23. The fourth-order valence-corrected chi connectivity index (χ4v) is 2.14. The summed E-state index contributed by atoms with van der Waals surface area (Å²) in [5.74, 6) is -0.192. The first kappa shape index (κ1) is 14.2. The first-order valence-electron chi connectivity index (χ1n) is 6.05. The molecule has 0 radical (unpaired) electrons. The number of carbonyl (C=O) groups is 1. The minimum absolute atomic E-state index is 0.0190. The third-order valence-electron chi connectivity index (χ3n) is 2.80. The van der Waals surface area contributed by atoms with Crippen LogP contribution in [0.3, 0.4) is 0 Å². The molecule has 2 aromatic rings. The minimum atomic E-state index is -0.644. The lowest BCUT2D eigenvalue weighted by Gasteiger charge is -1.98. The monoisotopic (exact) mass is 362 g/mol. The van der Waals surface area contributed by atoms with Crippen LogP contribution in [0.2, 0.25) is 0 Å². The van der Waals surface area contributed by atoms with Gasteiger partial charge in [-0.25, -0.2) is 9.79 Å². The number of nitro groups is 1. The van der Waals surface area contributed by atoms with E-state index in [-0.39, 0.29) is 17.3 Å². The molecule has 8 heteroatoms. The summed E-state index contributed by atoms with van der Waals surface area (Å²) in [6, 6.07) is 9.04. The molecule has 1 aromatic carbocycles. The Morgan fingerprint density at radius 3 is 2.77 bits per heavy atom. The maximum absolute atomic E-state index is 11.8. The second kappa shape index (κ2) is 5.57. The van der Waals surface area contributed by atoms with E-state index in [0.29, 0.717) is 16.0 Å². The van der Waals surface area contributed by atoms with Crippen LogP contribution in [0.25, 0.3) is 6.08 Å². The summed E-state index contributed by atoms with van der Waals surface area (Å²) in [7, 11) is 0. The number of non-ortho nitro benzene ring substituents is 1. The number of ether oxygens (including phenoxy) is 1. The summed E-state index contributed by atoms with van der Waals surface area (Å²) in [5, 5.41) is 10.8. The average molecular weight is 363 g/mol. The Morgan fingerprint density at radius 2 is 2.09 bits per heavy atom. The van der Waals surface area contributed by atoms with E-state index in [1.54, 1.807) is 18.2 Å². The molecule has 0 atom stereocenters. The molecule has 1 aromatic heterocycles. The van der Waals surface area contributed by atoms with E-state index in [9.17, 15) is 14.9 Å². The van der Waals surface area contributed by atoms with Gasteiger partial charge in [0.1, 0.15) is 5.76 Å². The Labute approximate surface area is 132 Å². The van der Waals surface area contributed by atoms with Crippen molar-refractivity contribution in [2.45, 2.75) is 0 Å². The van der Waals surface area contributed by atoms with Crippen LogP contribution in [0.4, 0.5) is 5.69 Å². The predicted octanol–water partition coefficient (Wildman–Crippen LogP) is 3.29. The quantitative estimate of drug-likeness (QED) is 0.361. The van der Waals surface area contributed by atoms with Crippen LogP contribution < -0.4 is 0 Å². The summed E-state index contributed by atoms with van der Waals surface area (Å²) < 4.78 is 10.8. The zero-order valence-corrected chi connectivity index (χ0v) is 12.4. The van der Waals surface area contributed by atoms with Crippen LogP contribution in [0.15, 0.2) is 56.2 Å². The summed E-state index contributed by atoms with van der Waals surface area (Å²) in [6.45, 7) is 0. The molecule has 22 heavy (non-hydrogen) atoms. The van der Waals surface area contributed by atoms with Gasteiger partial charge < -0.3 is 9.15 Å². The van der Waals surface area contributed by atoms with Crippen LogP contribution in [0, 0.1) is 10.1 Å². The Bertz CT molecular complexity index is 837. The van der Waals surface area contributed by atoms with Gasteiger partial charge in [0.25, 0.3) is 5.69 Å². The largest absolute Gasteiger partial charge is 0.450 e. The van der Waals surface area contributed by atoms with Gasteiger partial charge in [-0.1, -0.05) is 6.07 Å². The molecule has 0 amide bonds. The molecule has 3 rings (SSSR count). The van der Waals surface area contributed by atoms with E-state index in [1.165, 1.54) is 24.3 Å². The fourth-order valence-electron chi connectivity index (χ4n) is 1.83. The Hall–Kier alpha value is -2.74. The first-order valence-corrected chi connectivity index (χ1v) is 6.85. The van der Waals surface area contributed by atoms with Gasteiger partial charge in [-0.15, -0.1) is 0 Å². The van der Waals surface area contributed by atoms with Crippen LogP contribution >= 0.6 is 15.9 Å². The molecule has 0 unspecified atom stereocenters. The highest BCUT2D eigenvalue weighted by Gasteiger charge is 2.25. The first-order chi connectivity index (χ1) is 10.5. The zero-order valence-electron chi connectivity index (χ0n) is 10.9. The Kier molecular flexibility index (Phi) is 3.60. The topological polar surface area (TPSA) is 94.9 Å². The lowest BCUT2D eigenvalue weighted by molar-refractivity contribution is -0.384. The van der Waals surface area contributed by atoms with Crippen molar-refractivity contribution in [2.75, 3.05) is 0 Å². The fraction of sp³-hybridized carbons (Fsp3) is 0. The van der Waals surface area contributed by atoms with E-state index in [1.807, 2.05) is 0 Å². The van der Waals surface area contributed by atoms with Crippen molar-refractivity contribution in [1.29, 1.82) is 0 Å². The van der Waals surface area contributed by atoms with Crippen molar-refractivity contribution in [2.24, 2.45) is 4.99 Å². The molecular weight excluding hydrogens is 356 g/mol. The average Bonchev–Trinajstić information content (AvgIpc) is 3.06. The third kappa shape index (κ3) is 2.82. The molecule has 1 aliphatic heterocycles.